The average Bonchev–Trinajstić information content (AvgIpc) is 3.10. The Morgan fingerprint density at radius 2 is 1.96 bits per heavy atom. The van der Waals surface area contributed by atoms with E-state index < -0.39 is 0 Å². The van der Waals surface area contributed by atoms with E-state index in [-0.39, 0.29) is 0 Å². The summed E-state index contributed by atoms with van der Waals surface area (Å²) in [7, 11) is 3.78. The number of likely N-dealkylation sites (N-methyl/N-ethyl adjacent to an activating group) is 1. The number of ether oxygens (including phenoxy) is 1. The topological polar surface area (TPSA) is 64.4 Å². The molecule has 1 aromatic heterocycles. The lowest BCUT2D eigenvalue weighted by molar-refractivity contribution is 0.313. The highest BCUT2D eigenvalue weighted by Gasteiger charge is 2.15. The molecule has 0 amide bonds. The Balaban J connectivity index is 1.60. The van der Waals surface area contributed by atoms with Crippen molar-refractivity contribution in [2.24, 2.45) is 0 Å². The van der Waals surface area contributed by atoms with Crippen molar-refractivity contribution in [1.29, 1.82) is 5.26 Å². The van der Waals surface area contributed by atoms with E-state index in [1.54, 1.807) is 36.6 Å². The van der Waals surface area contributed by atoms with Gasteiger partial charge in [0.25, 0.3) is 0 Å². The summed E-state index contributed by atoms with van der Waals surface area (Å²) in [5.41, 5.74) is 3.53. The summed E-state index contributed by atoms with van der Waals surface area (Å²) in [6.45, 7) is 4.23. The summed E-state index contributed by atoms with van der Waals surface area (Å²) in [6, 6.07) is 13.9. The lowest BCUT2D eigenvalue weighted by Crippen LogP contribution is -2.44. The maximum Gasteiger partial charge on any atom is 0.188 e. The van der Waals surface area contributed by atoms with Gasteiger partial charge in [0.1, 0.15) is 5.75 Å². The molecule has 3 aromatic rings. The van der Waals surface area contributed by atoms with E-state index >= 15 is 0 Å². The number of fused-ring (bicyclic) bond motifs is 1. The Kier molecular flexibility index (Phi) is 4.84. The van der Waals surface area contributed by atoms with Gasteiger partial charge in [0.15, 0.2) is 5.13 Å². The fourth-order valence-electron chi connectivity index (χ4n) is 3.22. The van der Waals surface area contributed by atoms with Gasteiger partial charge in [0.05, 0.1) is 34.6 Å². The molecule has 4 rings (SSSR count). The summed E-state index contributed by atoms with van der Waals surface area (Å²) in [5.74, 6) is 0.686. The number of aromatic nitrogens is 1. The molecule has 1 saturated heterocycles. The molecule has 1 aliphatic rings. The van der Waals surface area contributed by atoms with Gasteiger partial charge in [0, 0.05) is 31.9 Å². The molecule has 1 fully saturated rings. The van der Waals surface area contributed by atoms with Crippen molar-refractivity contribution in [3.05, 3.63) is 42.0 Å². The monoisotopic (exact) mass is 379 g/mol. The molecule has 0 atom stereocenters. The summed E-state index contributed by atoms with van der Waals surface area (Å²) in [6.07, 6.45) is 0. The zero-order valence-corrected chi connectivity index (χ0v) is 16.2. The minimum absolute atomic E-state index is 0.580. The SMILES string of the molecule is COc1ccc(C#N)cc1Nc1nc2cc(N3CCN(C)CC3)ccc2s1. The molecule has 27 heavy (non-hydrogen) atoms. The molecular formula is C20H21N5OS. The third-order valence-corrected chi connectivity index (χ3v) is 5.76. The van der Waals surface area contributed by atoms with Gasteiger partial charge in [-0.1, -0.05) is 11.3 Å². The molecule has 2 aromatic carbocycles. The summed E-state index contributed by atoms with van der Waals surface area (Å²) in [5, 5.41) is 13.2. The summed E-state index contributed by atoms with van der Waals surface area (Å²) < 4.78 is 6.52. The van der Waals surface area contributed by atoms with E-state index in [0.717, 1.165) is 47.2 Å². The third-order valence-electron chi connectivity index (χ3n) is 4.81. The number of thiazole rings is 1. The Morgan fingerprint density at radius 1 is 1.15 bits per heavy atom. The normalized spacial score (nSPS) is 14.9. The number of hydrogen-bond acceptors (Lipinski definition) is 7. The van der Waals surface area contributed by atoms with E-state index in [2.05, 4.69) is 46.4 Å². The predicted molar refractivity (Wildman–Crippen MR) is 110 cm³/mol. The molecule has 1 N–H and O–H groups in total. The largest absolute Gasteiger partial charge is 0.495 e. The van der Waals surface area contributed by atoms with Crippen LogP contribution >= 0.6 is 11.3 Å². The van der Waals surface area contributed by atoms with Gasteiger partial charge in [-0.3, -0.25) is 0 Å². The maximum absolute atomic E-state index is 9.14. The Bertz CT molecular complexity index is 1000. The van der Waals surface area contributed by atoms with E-state index in [1.807, 2.05) is 0 Å². The minimum atomic E-state index is 0.580. The molecule has 7 heteroatoms. The van der Waals surface area contributed by atoms with E-state index in [9.17, 15) is 0 Å². The second kappa shape index (κ2) is 7.43. The van der Waals surface area contributed by atoms with Crippen LogP contribution in [-0.4, -0.2) is 50.2 Å². The van der Waals surface area contributed by atoms with Gasteiger partial charge in [-0.2, -0.15) is 5.26 Å². The predicted octanol–water partition coefficient (Wildman–Crippen LogP) is 3.67. The Morgan fingerprint density at radius 3 is 2.70 bits per heavy atom. The first-order valence-corrected chi connectivity index (χ1v) is 9.67. The number of nitrogens with zero attached hydrogens (tertiary/aromatic N) is 4. The van der Waals surface area contributed by atoms with Crippen molar-refractivity contribution < 1.29 is 4.74 Å². The van der Waals surface area contributed by atoms with Gasteiger partial charge < -0.3 is 19.9 Å². The lowest BCUT2D eigenvalue weighted by atomic mass is 10.2. The van der Waals surface area contributed by atoms with Crippen LogP contribution in [0.3, 0.4) is 0 Å². The minimum Gasteiger partial charge on any atom is -0.495 e. The highest BCUT2D eigenvalue weighted by atomic mass is 32.1. The molecular weight excluding hydrogens is 358 g/mol. The third kappa shape index (κ3) is 3.68. The second-order valence-corrected chi connectivity index (χ2v) is 7.64. The fourth-order valence-corrected chi connectivity index (χ4v) is 4.08. The van der Waals surface area contributed by atoms with Crippen LogP contribution in [0.1, 0.15) is 5.56 Å². The molecule has 138 valence electrons. The number of methoxy groups -OCH3 is 1. The van der Waals surface area contributed by atoms with E-state index in [0.29, 0.717) is 11.3 Å². The van der Waals surface area contributed by atoms with Crippen molar-refractivity contribution in [3.63, 3.8) is 0 Å². The molecule has 0 aliphatic carbocycles. The van der Waals surface area contributed by atoms with Crippen LogP contribution in [0.15, 0.2) is 36.4 Å². The standard InChI is InChI=1S/C20H21N5OS/c1-24-7-9-25(10-8-24)15-4-6-19-17(12-15)23-20(27-19)22-16-11-14(13-21)3-5-18(16)26-2/h3-6,11-12H,7-10H2,1-2H3,(H,22,23). The quantitative estimate of drug-likeness (QED) is 0.746. The molecule has 1 aliphatic heterocycles. The van der Waals surface area contributed by atoms with Gasteiger partial charge in [-0.25, -0.2) is 4.98 Å². The van der Waals surface area contributed by atoms with Crippen molar-refractivity contribution in [1.82, 2.24) is 9.88 Å². The molecule has 2 heterocycles. The number of anilines is 3. The molecule has 0 unspecified atom stereocenters. The fraction of sp³-hybridized carbons (Fsp3) is 0.300. The Hall–Kier alpha value is -2.82. The van der Waals surface area contributed by atoms with Gasteiger partial charge in [-0.05, 0) is 43.4 Å². The van der Waals surface area contributed by atoms with Crippen LogP contribution in [0, 0.1) is 11.3 Å². The van der Waals surface area contributed by atoms with E-state index in [1.165, 1.54) is 5.69 Å². The highest BCUT2D eigenvalue weighted by molar-refractivity contribution is 7.22. The number of hydrogen-bond donors (Lipinski definition) is 1. The van der Waals surface area contributed by atoms with Crippen LogP contribution in [0.5, 0.6) is 5.75 Å². The van der Waals surface area contributed by atoms with Crippen LogP contribution in [-0.2, 0) is 0 Å². The molecule has 0 bridgehead atoms. The smallest absolute Gasteiger partial charge is 0.188 e. The number of rotatable bonds is 4. The Labute approximate surface area is 162 Å². The van der Waals surface area contributed by atoms with Gasteiger partial charge in [0.2, 0.25) is 0 Å². The van der Waals surface area contributed by atoms with Crippen molar-refractivity contribution in [2.45, 2.75) is 0 Å². The lowest BCUT2D eigenvalue weighted by Gasteiger charge is -2.34. The number of piperazine rings is 1. The summed E-state index contributed by atoms with van der Waals surface area (Å²) >= 11 is 1.59. The number of benzene rings is 2. The average molecular weight is 379 g/mol. The van der Waals surface area contributed by atoms with Crippen LogP contribution in [0.2, 0.25) is 0 Å². The highest BCUT2D eigenvalue weighted by Crippen LogP contribution is 2.34. The van der Waals surface area contributed by atoms with Gasteiger partial charge >= 0.3 is 0 Å². The molecule has 0 radical (unpaired) electrons. The second-order valence-electron chi connectivity index (χ2n) is 6.61. The van der Waals surface area contributed by atoms with Gasteiger partial charge in [-0.15, -0.1) is 0 Å². The maximum atomic E-state index is 9.14. The molecule has 6 nitrogen and oxygen atoms in total. The van der Waals surface area contributed by atoms with Crippen LogP contribution in [0.25, 0.3) is 10.2 Å². The van der Waals surface area contributed by atoms with E-state index in [4.69, 9.17) is 15.0 Å². The van der Waals surface area contributed by atoms with Crippen molar-refractivity contribution in [2.75, 3.05) is 50.6 Å². The number of nitriles is 1. The van der Waals surface area contributed by atoms with Crippen molar-refractivity contribution >= 4 is 38.1 Å². The molecule has 0 saturated carbocycles. The first kappa shape index (κ1) is 17.6. The molecule has 0 spiro atoms. The first-order chi connectivity index (χ1) is 13.2. The first-order valence-electron chi connectivity index (χ1n) is 8.85. The zero-order valence-electron chi connectivity index (χ0n) is 15.4. The van der Waals surface area contributed by atoms with Crippen LogP contribution in [0.4, 0.5) is 16.5 Å². The summed E-state index contributed by atoms with van der Waals surface area (Å²) in [4.78, 5) is 9.50. The van der Waals surface area contributed by atoms with Crippen molar-refractivity contribution in [3.8, 4) is 11.8 Å². The number of nitrogens with one attached hydrogen (secondary N) is 1. The van der Waals surface area contributed by atoms with Crippen LogP contribution < -0.4 is 15.0 Å². The zero-order chi connectivity index (χ0) is 18.8.